The minimum absolute atomic E-state index is 0.0950. The number of carbonyl (C=O) groups excluding carboxylic acids is 1. The number of hydrogen-bond donors (Lipinski definition) is 1. The van der Waals surface area contributed by atoms with E-state index in [0.717, 1.165) is 22.0 Å². The van der Waals surface area contributed by atoms with Crippen LogP contribution < -0.4 is 15.6 Å². The highest BCUT2D eigenvalue weighted by Crippen LogP contribution is 2.24. The van der Waals surface area contributed by atoms with Gasteiger partial charge in [0, 0.05) is 36.5 Å². The van der Waals surface area contributed by atoms with Crippen LogP contribution in [0.5, 0.6) is 5.75 Å². The Balaban J connectivity index is 1.54. The van der Waals surface area contributed by atoms with Crippen LogP contribution >= 0.6 is 11.3 Å². The van der Waals surface area contributed by atoms with Crippen molar-refractivity contribution in [1.29, 1.82) is 0 Å². The van der Waals surface area contributed by atoms with Gasteiger partial charge in [-0.3, -0.25) is 14.2 Å². The van der Waals surface area contributed by atoms with E-state index in [4.69, 9.17) is 4.74 Å². The molecule has 0 saturated carbocycles. The fourth-order valence-electron chi connectivity index (χ4n) is 2.89. The normalized spacial score (nSPS) is 10.8. The summed E-state index contributed by atoms with van der Waals surface area (Å²) in [5.41, 5.74) is 2.86. The van der Waals surface area contributed by atoms with E-state index >= 15 is 0 Å². The molecule has 8 heteroatoms. The molecule has 0 spiro atoms. The first kappa shape index (κ1) is 20.7. The Bertz CT molecular complexity index is 1070. The molecule has 29 heavy (non-hydrogen) atoms. The predicted octanol–water partition coefficient (Wildman–Crippen LogP) is 2.43. The van der Waals surface area contributed by atoms with Crippen LogP contribution in [0.4, 0.5) is 0 Å². The summed E-state index contributed by atoms with van der Waals surface area (Å²) in [4.78, 5) is 33.4. The summed E-state index contributed by atoms with van der Waals surface area (Å²) in [6.45, 7) is 3.94. The number of amides is 1. The van der Waals surface area contributed by atoms with E-state index in [1.54, 1.807) is 39.3 Å². The van der Waals surface area contributed by atoms with E-state index in [-0.39, 0.29) is 17.9 Å². The third-order valence-corrected chi connectivity index (χ3v) is 5.68. The summed E-state index contributed by atoms with van der Waals surface area (Å²) in [5.74, 6) is 1.25. The van der Waals surface area contributed by atoms with Gasteiger partial charge in [-0.05, 0) is 38.1 Å². The monoisotopic (exact) mass is 412 g/mol. The number of aryl methyl sites for hydroxylation is 1. The Kier molecular flexibility index (Phi) is 6.43. The average Bonchev–Trinajstić information content (AvgIpc) is 3.19. The number of hydrogen-bond acceptors (Lipinski definition) is 6. The molecule has 3 aromatic rings. The Morgan fingerprint density at radius 1 is 1.21 bits per heavy atom. The molecule has 1 amide bonds. The molecule has 7 nitrogen and oxygen atoms in total. The maximum Gasteiger partial charge on any atom is 0.256 e. The van der Waals surface area contributed by atoms with Gasteiger partial charge in [0.25, 0.3) is 5.56 Å². The number of aromatic nitrogens is 3. The minimum atomic E-state index is -0.153. The number of carbonyl (C=O) groups is 1. The number of thiazole rings is 1. The number of nitrogens with zero attached hydrogens (tertiary/aromatic N) is 3. The molecule has 2 aromatic heterocycles. The van der Waals surface area contributed by atoms with Gasteiger partial charge in [0.05, 0.1) is 29.9 Å². The fraction of sp³-hybridized carbons (Fsp3) is 0.333. The van der Waals surface area contributed by atoms with E-state index in [2.05, 4.69) is 15.3 Å². The molecule has 0 unspecified atom stereocenters. The van der Waals surface area contributed by atoms with E-state index in [0.29, 0.717) is 30.0 Å². The van der Waals surface area contributed by atoms with Crippen molar-refractivity contribution in [3.63, 3.8) is 0 Å². The molecule has 3 rings (SSSR count). The quantitative estimate of drug-likeness (QED) is 0.644. The molecule has 0 fully saturated rings. The molecule has 0 atom stereocenters. The highest BCUT2D eigenvalue weighted by Gasteiger charge is 2.13. The SMILES string of the molecule is COc1ccc(-c2csc(CCNC(=O)Cc3nc(C)n(C)c(=O)c3C)n2)cc1. The molecule has 152 valence electrons. The Labute approximate surface area is 173 Å². The smallest absolute Gasteiger partial charge is 0.256 e. The van der Waals surface area contributed by atoms with Gasteiger partial charge < -0.3 is 10.1 Å². The summed E-state index contributed by atoms with van der Waals surface area (Å²) < 4.78 is 6.66. The van der Waals surface area contributed by atoms with Gasteiger partial charge in [0.15, 0.2) is 0 Å². The van der Waals surface area contributed by atoms with E-state index < -0.39 is 0 Å². The number of nitrogens with one attached hydrogen (secondary N) is 1. The van der Waals surface area contributed by atoms with Crippen LogP contribution in [-0.2, 0) is 24.7 Å². The second kappa shape index (κ2) is 9.00. The lowest BCUT2D eigenvalue weighted by Gasteiger charge is -2.09. The zero-order chi connectivity index (χ0) is 21.0. The first-order chi connectivity index (χ1) is 13.9. The van der Waals surface area contributed by atoms with Gasteiger partial charge in [-0.2, -0.15) is 0 Å². The van der Waals surface area contributed by atoms with Crippen LogP contribution in [0.15, 0.2) is 34.4 Å². The maximum absolute atomic E-state index is 12.3. The second-order valence-electron chi connectivity index (χ2n) is 6.73. The van der Waals surface area contributed by atoms with Crippen molar-refractivity contribution in [3.05, 3.63) is 62.1 Å². The van der Waals surface area contributed by atoms with Crippen molar-refractivity contribution < 1.29 is 9.53 Å². The van der Waals surface area contributed by atoms with Crippen LogP contribution in [-0.4, -0.2) is 34.1 Å². The zero-order valence-electron chi connectivity index (χ0n) is 17.0. The van der Waals surface area contributed by atoms with E-state index in [1.165, 1.54) is 4.57 Å². The molecular weight excluding hydrogens is 388 g/mol. The lowest BCUT2D eigenvalue weighted by molar-refractivity contribution is -0.120. The van der Waals surface area contributed by atoms with Crippen molar-refractivity contribution >= 4 is 17.2 Å². The molecule has 0 aliphatic heterocycles. The number of ether oxygens (including phenoxy) is 1. The minimum Gasteiger partial charge on any atom is -0.497 e. The molecular formula is C21H24N4O3S. The van der Waals surface area contributed by atoms with Gasteiger partial charge in [-0.1, -0.05) is 0 Å². The molecule has 0 aliphatic carbocycles. The van der Waals surface area contributed by atoms with Gasteiger partial charge in [-0.15, -0.1) is 11.3 Å². The van der Waals surface area contributed by atoms with Crippen molar-refractivity contribution in [3.8, 4) is 17.0 Å². The van der Waals surface area contributed by atoms with Gasteiger partial charge in [-0.25, -0.2) is 9.97 Å². The summed E-state index contributed by atoms with van der Waals surface area (Å²) in [7, 11) is 3.32. The van der Waals surface area contributed by atoms with Gasteiger partial charge >= 0.3 is 0 Å². The maximum atomic E-state index is 12.3. The molecule has 0 saturated heterocycles. The first-order valence-electron chi connectivity index (χ1n) is 9.27. The molecule has 0 bridgehead atoms. The third kappa shape index (κ3) is 4.89. The van der Waals surface area contributed by atoms with Crippen LogP contribution in [0.25, 0.3) is 11.3 Å². The summed E-state index contributed by atoms with van der Waals surface area (Å²) >= 11 is 1.57. The highest BCUT2D eigenvalue weighted by molar-refractivity contribution is 7.09. The summed E-state index contributed by atoms with van der Waals surface area (Å²) in [5, 5.41) is 5.85. The van der Waals surface area contributed by atoms with Gasteiger partial charge in [0.2, 0.25) is 5.91 Å². The van der Waals surface area contributed by atoms with Crippen LogP contribution in [0, 0.1) is 13.8 Å². The fourth-order valence-corrected chi connectivity index (χ4v) is 3.70. The van der Waals surface area contributed by atoms with Crippen molar-refractivity contribution in [2.45, 2.75) is 26.7 Å². The standard InChI is InChI=1S/C21H24N4O3S/c1-13-17(23-14(2)25(3)21(13)27)11-19(26)22-10-9-20-24-18(12-29-20)15-5-7-16(28-4)8-6-15/h5-8,12H,9-11H2,1-4H3,(H,22,26). The Morgan fingerprint density at radius 3 is 2.62 bits per heavy atom. The molecule has 1 aromatic carbocycles. The van der Waals surface area contributed by atoms with Gasteiger partial charge in [0.1, 0.15) is 11.6 Å². The molecule has 1 N–H and O–H groups in total. The van der Waals surface area contributed by atoms with Crippen molar-refractivity contribution in [2.75, 3.05) is 13.7 Å². The average molecular weight is 413 g/mol. The first-order valence-corrected chi connectivity index (χ1v) is 10.2. The van der Waals surface area contributed by atoms with Crippen LogP contribution in [0.3, 0.4) is 0 Å². The van der Waals surface area contributed by atoms with Crippen LogP contribution in [0.1, 0.15) is 22.1 Å². The topological polar surface area (TPSA) is 86.1 Å². The Morgan fingerprint density at radius 2 is 1.93 bits per heavy atom. The molecule has 2 heterocycles. The van der Waals surface area contributed by atoms with Crippen molar-refractivity contribution in [1.82, 2.24) is 19.9 Å². The molecule has 0 radical (unpaired) electrons. The second-order valence-corrected chi connectivity index (χ2v) is 7.67. The lowest BCUT2D eigenvalue weighted by atomic mass is 10.2. The lowest BCUT2D eigenvalue weighted by Crippen LogP contribution is -2.30. The zero-order valence-corrected chi connectivity index (χ0v) is 17.8. The number of rotatable bonds is 7. The summed E-state index contributed by atoms with van der Waals surface area (Å²) in [6, 6.07) is 7.76. The van der Waals surface area contributed by atoms with Crippen LogP contribution in [0.2, 0.25) is 0 Å². The van der Waals surface area contributed by atoms with E-state index in [1.807, 2.05) is 29.6 Å². The largest absolute Gasteiger partial charge is 0.497 e. The third-order valence-electron chi connectivity index (χ3n) is 4.77. The Hall–Kier alpha value is -3.00. The predicted molar refractivity (Wildman–Crippen MR) is 113 cm³/mol. The summed E-state index contributed by atoms with van der Waals surface area (Å²) in [6.07, 6.45) is 0.742. The van der Waals surface area contributed by atoms with E-state index in [9.17, 15) is 9.59 Å². The highest BCUT2D eigenvalue weighted by atomic mass is 32.1. The molecule has 0 aliphatic rings. The van der Waals surface area contributed by atoms with Crippen molar-refractivity contribution in [2.24, 2.45) is 7.05 Å². The number of benzene rings is 1. The number of methoxy groups -OCH3 is 1.